The molecule has 30 heavy (non-hydrogen) atoms. The van der Waals surface area contributed by atoms with Crippen molar-refractivity contribution >= 4 is 5.97 Å². The lowest BCUT2D eigenvalue weighted by Gasteiger charge is -2.10. The molecule has 0 bridgehead atoms. The maximum absolute atomic E-state index is 12.7. The van der Waals surface area contributed by atoms with Gasteiger partial charge in [-0.25, -0.2) is 9.97 Å². The summed E-state index contributed by atoms with van der Waals surface area (Å²) in [5.41, 5.74) is 2.37. The van der Waals surface area contributed by atoms with E-state index in [9.17, 15) is 18.0 Å². The Morgan fingerprint density at radius 3 is 2.27 bits per heavy atom. The number of hydrogen-bond acceptors (Lipinski definition) is 4. The third-order valence-corrected chi connectivity index (χ3v) is 4.54. The third kappa shape index (κ3) is 5.56. The average molecular weight is 416 g/mol. The third-order valence-electron chi connectivity index (χ3n) is 4.54. The van der Waals surface area contributed by atoms with Gasteiger partial charge in [0.15, 0.2) is 5.82 Å². The highest BCUT2D eigenvalue weighted by molar-refractivity contribution is 5.67. The molecule has 3 rings (SSSR count). The lowest BCUT2D eigenvalue weighted by molar-refractivity contribution is -0.138. The van der Waals surface area contributed by atoms with E-state index in [0.717, 1.165) is 23.3 Å². The summed E-state index contributed by atoms with van der Waals surface area (Å²) < 4.78 is 43.7. The maximum atomic E-state index is 12.7. The van der Waals surface area contributed by atoms with Gasteiger partial charge in [0.2, 0.25) is 0 Å². The number of aryl methyl sites for hydroxylation is 2. The minimum Gasteiger partial charge on any atom is -0.486 e. The normalized spacial score (nSPS) is 11.3. The van der Waals surface area contributed by atoms with Gasteiger partial charge in [-0.15, -0.1) is 0 Å². The molecule has 5 nitrogen and oxygen atoms in total. The van der Waals surface area contributed by atoms with Gasteiger partial charge in [-0.2, -0.15) is 13.2 Å². The van der Waals surface area contributed by atoms with Crippen molar-refractivity contribution in [3.05, 3.63) is 77.4 Å². The summed E-state index contributed by atoms with van der Waals surface area (Å²) in [7, 11) is 0. The number of aromatic nitrogens is 2. The van der Waals surface area contributed by atoms with E-state index in [1.165, 1.54) is 24.5 Å². The van der Waals surface area contributed by atoms with Crippen LogP contribution in [0.15, 0.2) is 54.9 Å². The molecule has 8 heteroatoms. The monoisotopic (exact) mass is 416 g/mol. The van der Waals surface area contributed by atoms with E-state index < -0.39 is 17.7 Å². The fourth-order valence-electron chi connectivity index (χ4n) is 2.86. The van der Waals surface area contributed by atoms with Gasteiger partial charge in [0.1, 0.15) is 12.4 Å². The van der Waals surface area contributed by atoms with Crippen LogP contribution < -0.4 is 4.74 Å². The van der Waals surface area contributed by atoms with Gasteiger partial charge in [0.05, 0.1) is 5.56 Å². The predicted molar refractivity (Wildman–Crippen MR) is 104 cm³/mol. The first-order chi connectivity index (χ1) is 14.2. The molecule has 0 saturated carbocycles. The van der Waals surface area contributed by atoms with Gasteiger partial charge >= 0.3 is 12.1 Å². The van der Waals surface area contributed by atoms with E-state index in [1.807, 2.05) is 19.1 Å². The van der Waals surface area contributed by atoms with E-state index in [1.54, 1.807) is 6.07 Å². The highest BCUT2D eigenvalue weighted by atomic mass is 19.4. The van der Waals surface area contributed by atoms with Crippen molar-refractivity contribution in [1.29, 1.82) is 0 Å². The van der Waals surface area contributed by atoms with Gasteiger partial charge in [0.25, 0.3) is 0 Å². The number of nitrogens with zero attached hydrogens (tertiary/aromatic N) is 2. The summed E-state index contributed by atoms with van der Waals surface area (Å²) in [4.78, 5) is 19.1. The zero-order valence-electron chi connectivity index (χ0n) is 16.1. The number of hydrogen-bond donors (Lipinski definition) is 1. The van der Waals surface area contributed by atoms with Crippen molar-refractivity contribution in [1.82, 2.24) is 9.97 Å². The van der Waals surface area contributed by atoms with Gasteiger partial charge in [-0.05, 0) is 54.3 Å². The molecule has 0 spiro atoms. The number of carboxylic acid groups (broad SMARTS) is 1. The molecule has 1 aromatic heterocycles. The van der Waals surface area contributed by atoms with Crippen LogP contribution in [0, 0.1) is 6.92 Å². The summed E-state index contributed by atoms with van der Waals surface area (Å²) in [6.07, 6.45) is -0.776. The SMILES string of the molecule is Cc1cc(OCc2ncc(-c3ccc(C(F)(F)F)cc3)cn2)ccc1CCC(=O)O. The highest BCUT2D eigenvalue weighted by Crippen LogP contribution is 2.30. The molecule has 1 N–H and O–H groups in total. The van der Waals surface area contributed by atoms with Crippen molar-refractivity contribution in [3.8, 4) is 16.9 Å². The summed E-state index contributed by atoms with van der Waals surface area (Å²) in [6.45, 7) is 2.01. The molecular weight excluding hydrogens is 397 g/mol. The van der Waals surface area contributed by atoms with Crippen LogP contribution in [-0.2, 0) is 24.0 Å². The molecule has 0 atom stereocenters. The summed E-state index contributed by atoms with van der Waals surface area (Å²) >= 11 is 0. The van der Waals surface area contributed by atoms with Crippen LogP contribution in [0.3, 0.4) is 0 Å². The van der Waals surface area contributed by atoms with Crippen LogP contribution >= 0.6 is 0 Å². The van der Waals surface area contributed by atoms with E-state index in [0.29, 0.717) is 29.1 Å². The molecule has 1 heterocycles. The molecular formula is C22H19F3N2O3. The Morgan fingerprint density at radius 2 is 1.70 bits per heavy atom. The largest absolute Gasteiger partial charge is 0.486 e. The Kier molecular flexibility index (Phi) is 6.34. The minimum absolute atomic E-state index is 0.0696. The first kappa shape index (κ1) is 21.3. The number of aliphatic carboxylic acids is 1. The number of carboxylic acids is 1. The first-order valence-electron chi connectivity index (χ1n) is 9.15. The number of rotatable bonds is 7. The van der Waals surface area contributed by atoms with Gasteiger partial charge in [-0.3, -0.25) is 4.79 Å². The number of halogens is 3. The van der Waals surface area contributed by atoms with Gasteiger partial charge in [0, 0.05) is 24.4 Å². The second-order valence-corrected chi connectivity index (χ2v) is 6.73. The van der Waals surface area contributed by atoms with Crippen LogP contribution in [0.1, 0.15) is 28.9 Å². The van der Waals surface area contributed by atoms with Crippen molar-refractivity contribution < 1.29 is 27.8 Å². The lowest BCUT2D eigenvalue weighted by atomic mass is 10.0. The molecule has 0 aliphatic heterocycles. The van der Waals surface area contributed by atoms with E-state index in [-0.39, 0.29) is 13.0 Å². The van der Waals surface area contributed by atoms with Crippen LogP contribution in [0.5, 0.6) is 5.75 Å². The zero-order chi connectivity index (χ0) is 21.7. The average Bonchev–Trinajstić information content (AvgIpc) is 2.71. The lowest BCUT2D eigenvalue weighted by Crippen LogP contribution is -2.04. The second kappa shape index (κ2) is 8.94. The molecule has 0 saturated heterocycles. The molecule has 0 aliphatic rings. The summed E-state index contributed by atoms with van der Waals surface area (Å²) in [5.74, 6) is 0.201. The van der Waals surface area contributed by atoms with Crippen molar-refractivity contribution in [2.75, 3.05) is 0 Å². The summed E-state index contributed by atoms with van der Waals surface area (Å²) in [6, 6.07) is 10.2. The Bertz CT molecular complexity index is 1020. The fraction of sp³-hybridized carbons (Fsp3) is 0.227. The number of carbonyl (C=O) groups is 1. The zero-order valence-corrected chi connectivity index (χ0v) is 16.1. The minimum atomic E-state index is -4.37. The number of benzene rings is 2. The second-order valence-electron chi connectivity index (χ2n) is 6.73. The van der Waals surface area contributed by atoms with E-state index >= 15 is 0 Å². The molecule has 0 fully saturated rings. The first-order valence-corrected chi connectivity index (χ1v) is 9.15. The Hall–Kier alpha value is -3.42. The molecule has 0 aliphatic carbocycles. The van der Waals surface area contributed by atoms with E-state index in [2.05, 4.69) is 9.97 Å². The maximum Gasteiger partial charge on any atom is 0.416 e. The summed E-state index contributed by atoms with van der Waals surface area (Å²) in [5, 5.41) is 8.78. The van der Waals surface area contributed by atoms with Crippen molar-refractivity contribution in [2.24, 2.45) is 0 Å². The predicted octanol–water partition coefficient (Wildman–Crippen LogP) is 5.07. The molecule has 2 aromatic carbocycles. The molecule has 156 valence electrons. The van der Waals surface area contributed by atoms with Crippen molar-refractivity contribution in [2.45, 2.75) is 32.5 Å². The van der Waals surface area contributed by atoms with Gasteiger partial charge in [-0.1, -0.05) is 18.2 Å². The van der Waals surface area contributed by atoms with Crippen molar-refractivity contribution in [3.63, 3.8) is 0 Å². The number of ether oxygens (including phenoxy) is 1. The highest BCUT2D eigenvalue weighted by Gasteiger charge is 2.29. The topological polar surface area (TPSA) is 72.3 Å². The molecule has 0 unspecified atom stereocenters. The molecule has 0 amide bonds. The van der Waals surface area contributed by atoms with Crippen LogP contribution in [0.4, 0.5) is 13.2 Å². The molecule has 0 radical (unpaired) electrons. The number of alkyl halides is 3. The Balaban J connectivity index is 1.61. The van der Waals surface area contributed by atoms with Crippen LogP contribution in [0.25, 0.3) is 11.1 Å². The standard InChI is InChI=1S/C22H19F3N2O3/c1-14-10-19(8-4-15(14)5-9-21(28)29)30-13-20-26-11-17(12-27-20)16-2-6-18(7-3-16)22(23,24)25/h2-4,6-8,10-12H,5,9,13H2,1H3,(H,28,29). The van der Waals surface area contributed by atoms with Gasteiger partial charge < -0.3 is 9.84 Å². The fourth-order valence-corrected chi connectivity index (χ4v) is 2.86. The van der Waals surface area contributed by atoms with E-state index in [4.69, 9.17) is 9.84 Å². The quantitative estimate of drug-likeness (QED) is 0.582. The Morgan fingerprint density at radius 1 is 1.03 bits per heavy atom. The Labute approximate surface area is 171 Å². The molecule has 3 aromatic rings. The smallest absolute Gasteiger partial charge is 0.416 e. The van der Waals surface area contributed by atoms with Crippen LogP contribution in [-0.4, -0.2) is 21.0 Å². The van der Waals surface area contributed by atoms with Crippen LogP contribution in [0.2, 0.25) is 0 Å².